The summed E-state index contributed by atoms with van der Waals surface area (Å²) in [5, 5.41) is 0. The first-order valence-corrected chi connectivity index (χ1v) is 5.76. The molecule has 1 nitrogen and oxygen atoms in total. The summed E-state index contributed by atoms with van der Waals surface area (Å²) in [6, 6.07) is 0. The van der Waals surface area contributed by atoms with Crippen LogP contribution < -0.4 is 0 Å². The van der Waals surface area contributed by atoms with Crippen LogP contribution in [0.5, 0.6) is 0 Å². The molecule has 1 unspecified atom stereocenters. The Bertz CT molecular complexity index is 91.1. The van der Waals surface area contributed by atoms with Gasteiger partial charge in [-0.25, -0.2) is 0 Å². The first-order chi connectivity index (χ1) is 6.31. The lowest BCUT2D eigenvalue weighted by atomic mass is 10.1. The monoisotopic (exact) mass is 185 g/mol. The fourth-order valence-corrected chi connectivity index (χ4v) is 1.25. The van der Waals surface area contributed by atoms with Crippen LogP contribution >= 0.6 is 0 Å². The van der Waals surface area contributed by atoms with E-state index >= 15 is 0 Å². The summed E-state index contributed by atoms with van der Waals surface area (Å²) in [5.41, 5.74) is 0. The van der Waals surface area contributed by atoms with Crippen LogP contribution in [0.25, 0.3) is 0 Å². The largest absolute Gasteiger partial charge is 0.378 e. The standard InChI is InChI=1S/C12H25O/c1-4-6-7-8-9-10-11-13-12(3)5-2/h12H,3-11H2,1-2H3. The molecule has 1 heteroatoms. The third kappa shape index (κ3) is 9.88. The molecule has 1 atom stereocenters. The molecule has 0 aromatic heterocycles. The number of rotatable bonds is 9. The Morgan fingerprint density at radius 3 is 2.23 bits per heavy atom. The van der Waals surface area contributed by atoms with Crippen LogP contribution in [0.15, 0.2) is 0 Å². The Hall–Kier alpha value is -0.0400. The van der Waals surface area contributed by atoms with Crippen molar-refractivity contribution in [2.24, 2.45) is 0 Å². The van der Waals surface area contributed by atoms with E-state index in [4.69, 9.17) is 4.74 Å². The minimum Gasteiger partial charge on any atom is -0.378 e. The Labute approximate surface area is 83.9 Å². The molecule has 79 valence electrons. The van der Waals surface area contributed by atoms with Gasteiger partial charge in [-0.3, -0.25) is 0 Å². The van der Waals surface area contributed by atoms with Crippen molar-refractivity contribution in [3.8, 4) is 0 Å². The SMILES string of the molecule is [CH2]C(CC)OCCCCCCCC. The van der Waals surface area contributed by atoms with Gasteiger partial charge in [0.15, 0.2) is 0 Å². The Morgan fingerprint density at radius 1 is 1.00 bits per heavy atom. The second kappa shape index (κ2) is 10.0. The van der Waals surface area contributed by atoms with Gasteiger partial charge in [0.05, 0.1) is 6.10 Å². The van der Waals surface area contributed by atoms with Crippen molar-refractivity contribution in [2.45, 2.75) is 64.9 Å². The molecule has 0 rings (SSSR count). The van der Waals surface area contributed by atoms with Crippen molar-refractivity contribution in [2.75, 3.05) is 6.61 Å². The highest BCUT2D eigenvalue weighted by Crippen LogP contribution is 2.05. The average molecular weight is 185 g/mol. The minimum atomic E-state index is 0.204. The first-order valence-electron chi connectivity index (χ1n) is 5.76. The number of unbranched alkanes of at least 4 members (excludes halogenated alkanes) is 5. The van der Waals surface area contributed by atoms with Crippen molar-refractivity contribution >= 4 is 0 Å². The van der Waals surface area contributed by atoms with Gasteiger partial charge in [0.2, 0.25) is 0 Å². The van der Waals surface area contributed by atoms with Gasteiger partial charge in [-0.1, -0.05) is 46.0 Å². The zero-order valence-electron chi connectivity index (χ0n) is 9.35. The van der Waals surface area contributed by atoms with Gasteiger partial charge in [0.1, 0.15) is 0 Å². The van der Waals surface area contributed by atoms with Crippen LogP contribution in [0.4, 0.5) is 0 Å². The van der Waals surface area contributed by atoms with Crippen molar-refractivity contribution in [3.63, 3.8) is 0 Å². The van der Waals surface area contributed by atoms with E-state index in [1.807, 2.05) is 0 Å². The van der Waals surface area contributed by atoms with Crippen LogP contribution in [-0.2, 0) is 4.74 Å². The van der Waals surface area contributed by atoms with E-state index in [9.17, 15) is 0 Å². The van der Waals surface area contributed by atoms with Gasteiger partial charge < -0.3 is 4.74 Å². The quantitative estimate of drug-likeness (QED) is 0.494. The second-order valence-electron chi connectivity index (χ2n) is 3.67. The minimum absolute atomic E-state index is 0.204. The molecule has 0 aliphatic heterocycles. The molecule has 0 amide bonds. The Kier molecular flexibility index (Phi) is 10.0. The fraction of sp³-hybridized carbons (Fsp3) is 0.917. The van der Waals surface area contributed by atoms with Crippen LogP contribution in [-0.4, -0.2) is 12.7 Å². The smallest absolute Gasteiger partial charge is 0.0573 e. The van der Waals surface area contributed by atoms with Crippen molar-refractivity contribution in [1.82, 2.24) is 0 Å². The molecule has 0 aliphatic carbocycles. The lowest BCUT2D eigenvalue weighted by Gasteiger charge is -2.09. The summed E-state index contributed by atoms with van der Waals surface area (Å²) in [4.78, 5) is 0. The van der Waals surface area contributed by atoms with E-state index in [-0.39, 0.29) is 6.10 Å². The van der Waals surface area contributed by atoms with Gasteiger partial charge >= 0.3 is 0 Å². The zero-order valence-corrected chi connectivity index (χ0v) is 9.35. The van der Waals surface area contributed by atoms with Crippen LogP contribution in [0, 0.1) is 6.92 Å². The maximum Gasteiger partial charge on any atom is 0.0573 e. The highest BCUT2D eigenvalue weighted by atomic mass is 16.5. The van der Waals surface area contributed by atoms with Crippen LogP contribution in [0.3, 0.4) is 0 Å². The summed E-state index contributed by atoms with van der Waals surface area (Å²) < 4.78 is 5.49. The van der Waals surface area contributed by atoms with Crippen molar-refractivity contribution in [3.05, 3.63) is 6.92 Å². The summed E-state index contributed by atoms with van der Waals surface area (Å²) >= 11 is 0. The second-order valence-corrected chi connectivity index (χ2v) is 3.67. The molecule has 0 N–H and O–H groups in total. The van der Waals surface area contributed by atoms with Crippen molar-refractivity contribution < 1.29 is 4.74 Å². The third-order valence-corrected chi connectivity index (χ3v) is 2.31. The molecule has 0 spiro atoms. The van der Waals surface area contributed by atoms with Crippen LogP contribution in [0.1, 0.15) is 58.8 Å². The van der Waals surface area contributed by atoms with E-state index in [0.29, 0.717) is 0 Å². The maximum absolute atomic E-state index is 5.49. The van der Waals surface area contributed by atoms with E-state index in [1.54, 1.807) is 0 Å². The van der Waals surface area contributed by atoms with E-state index in [0.717, 1.165) is 13.0 Å². The van der Waals surface area contributed by atoms with Crippen molar-refractivity contribution in [1.29, 1.82) is 0 Å². The molecular weight excluding hydrogens is 160 g/mol. The molecule has 0 bridgehead atoms. The van der Waals surface area contributed by atoms with E-state index in [2.05, 4.69) is 20.8 Å². The fourth-order valence-electron chi connectivity index (χ4n) is 1.25. The lowest BCUT2D eigenvalue weighted by Crippen LogP contribution is -2.07. The summed E-state index contributed by atoms with van der Waals surface area (Å²) in [6.45, 7) is 9.14. The Morgan fingerprint density at radius 2 is 1.62 bits per heavy atom. The molecule has 0 heterocycles. The van der Waals surface area contributed by atoms with E-state index in [1.165, 1.54) is 38.5 Å². The van der Waals surface area contributed by atoms with Gasteiger partial charge in [-0.2, -0.15) is 0 Å². The number of hydrogen-bond acceptors (Lipinski definition) is 1. The zero-order chi connectivity index (χ0) is 9.94. The average Bonchev–Trinajstić information content (AvgIpc) is 2.16. The molecule has 0 aromatic rings. The molecule has 0 saturated carbocycles. The Balaban J connectivity index is 2.91. The summed E-state index contributed by atoms with van der Waals surface area (Å²) in [6.07, 6.45) is 9.21. The molecule has 13 heavy (non-hydrogen) atoms. The summed E-state index contributed by atoms with van der Waals surface area (Å²) in [7, 11) is 0. The highest BCUT2D eigenvalue weighted by molar-refractivity contribution is 4.55. The molecule has 0 saturated heterocycles. The maximum atomic E-state index is 5.49. The molecule has 0 fully saturated rings. The predicted molar refractivity (Wildman–Crippen MR) is 58.8 cm³/mol. The van der Waals surface area contributed by atoms with Crippen LogP contribution in [0.2, 0.25) is 0 Å². The van der Waals surface area contributed by atoms with Gasteiger partial charge in [0, 0.05) is 6.61 Å². The molecule has 0 aromatic carbocycles. The normalized spacial score (nSPS) is 13.2. The lowest BCUT2D eigenvalue weighted by molar-refractivity contribution is 0.0777. The highest BCUT2D eigenvalue weighted by Gasteiger charge is 1.97. The molecular formula is C12H25O. The predicted octanol–water partition coefficient (Wildman–Crippen LogP) is 3.98. The third-order valence-electron chi connectivity index (χ3n) is 2.31. The molecule has 0 aliphatic rings. The first kappa shape index (κ1) is 13.0. The van der Waals surface area contributed by atoms with Gasteiger partial charge in [-0.05, 0) is 19.8 Å². The number of ether oxygens (including phenoxy) is 1. The topological polar surface area (TPSA) is 9.23 Å². The number of hydrogen-bond donors (Lipinski definition) is 0. The summed E-state index contributed by atoms with van der Waals surface area (Å²) in [5.74, 6) is 0. The molecule has 1 radical (unpaired) electrons. The van der Waals surface area contributed by atoms with Gasteiger partial charge in [-0.15, -0.1) is 0 Å². The van der Waals surface area contributed by atoms with E-state index < -0.39 is 0 Å². The van der Waals surface area contributed by atoms with Gasteiger partial charge in [0.25, 0.3) is 0 Å².